The van der Waals surface area contributed by atoms with Crippen LogP contribution in [0.4, 0.5) is 10.6 Å². The number of nitriles is 1. The molecular formula is C23H23N5O5S. The SMILES string of the molecule is COc1nc(C)cnc1N(C(=O)OCC(C)C)S(=O)(=O)c1cccnc1-c1ccc(C#N)cc1. The second-order valence-corrected chi connectivity index (χ2v) is 9.38. The van der Waals surface area contributed by atoms with E-state index < -0.39 is 16.1 Å². The first-order chi connectivity index (χ1) is 16.2. The Kier molecular flexibility index (Phi) is 7.43. The van der Waals surface area contributed by atoms with E-state index in [2.05, 4.69) is 15.0 Å². The minimum absolute atomic E-state index is 0.0119. The molecule has 0 aliphatic heterocycles. The normalized spacial score (nSPS) is 11.1. The first kappa shape index (κ1) is 24.6. The van der Waals surface area contributed by atoms with Gasteiger partial charge >= 0.3 is 6.09 Å². The van der Waals surface area contributed by atoms with Crippen molar-refractivity contribution in [1.29, 1.82) is 5.26 Å². The van der Waals surface area contributed by atoms with E-state index in [0.29, 0.717) is 21.1 Å². The first-order valence-electron chi connectivity index (χ1n) is 10.2. The Hall–Kier alpha value is -4.04. The third-order valence-corrected chi connectivity index (χ3v) is 6.20. The van der Waals surface area contributed by atoms with E-state index in [1.54, 1.807) is 31.2 Å². The Morgan fingerprint density at radius 2 is 1.88 bits per heavy atom. The number of benzene rings is 1. The van der Waals surface area contributed by atoms with Crippen molar-refractivity contribution in [2.24, 2.45) is 5.92 Å². The average molecular weight is 482 g/mol. The number of aromatic nitrogens is 3. The highest BCUT2D eigenvalue weighted by atomic mass is 32.2. The number of sulfonamides is 1. The van der Waals surface area contributed by atoms with Crippen LogP contribution >= 0.6 is 0 Å². The summed E-state index contributed by atoms with van der Waals surface area (Å²) < 4.78 is 38.7. The standard InChI is InChI=1S/C23H23N5O5S/c1-15(2)14-33-23(29)28(21-22(32-4)27-16(3)13-26-21)34(30,31)19-6-5-11-25-20(19)18-9-7-17(12-24)8-10-18/h5-11,13,15H,14H2,1-4H3. The summed E-state index contributed by atoms with van der Waals surface area (Å²) >= 11 is 0. The van der Waals surface area contributed by atoms with E-state index in [4.69, 9.17) is 14.7 Å². The van der Waals surface area contributed by atoms with E-state index in [1.165, 1.54) is 31.6 Å². The maximum absolute atomic E-state index is 13.9. The van der Waals surface area contributed by atoms with Gasteiger partial charge in [0, 0.05) is 11.8 Å². The van der Waals surface area contributed by atoms with Crippen LogP contribution in [0.15, 0.2) is 53.7 Å². The topological polar surface area (TPSA) is 135 Å². The number of hydrogen-bond acceptors (Lipinski definition) is 9. The van der Waals surface area contributed by atoms with Crippen LogP contribution < -0.4 is 9.04 Å². The lowest BCUT2D eigenvalue weighted by atomic mass is 10.1. The van der Waals surface area contributed by atoms with Crippen molar-refractivity contribution in [2.45, 2.75) is 25.7 Å². The molecule has 0 atom stereocenters. The molecule has 34 heavy (non-hydrogen) atoms. The molecule has 1 amide bonds. The zero-order chi connectivity index (χ0) is 24.9. The Balaban J connectivity index is 2.20. The van der Waals surface area contributed by atoms with Gasteiger partial charge < -0.3 is 9.47 Å². The highest BCUT2D eigenvalue weighted by Crippen LogP contribution is 2.33. The van der Waals surface area contributed by atoms with Gasteiger partial charge in [0.25, 0.3) is 15.9 Å². The number of aryl methyl sites for hydroxylation is 1. The van der Waals surface area contributed by atoms with Crippen LogP contribution in [0, 0.1) is 24.2 Å². The zero-order valence-electron chi connectivity index (χ0n) is 19.1. The van der Waals surface area contributed by atoms with E-state index >= 15 is 0 Å². The minimum atomic E-state index is -4.59. The predicted molar refractivity (Wildman–Crippen MR) is 124 cm³/mol. The van der Waals surface area contributed by atoms with Crippen LogP contribution in [-0.2, 0) is 14.8 Å². The number of hydrogen-bond donors (Lipinski definition) is 0. The largest absolute Gasteiger partial charge is 0.478 e. The van der Waals surface area contributed by atoms with Gasteiger partial charge in [-0.25, -0.2) is 23.2 Å². The van der Waals surface area contributed by atoms with Crippen molar-refractivity contribution in [1.82, 2.24) is 15.0 Å². The predicted octanol–water partition coefficient (Wildman–Crippen LogP) is 3.72. The van der Waals surface area contributed by atoms with Gasteiger partial charge in [0.2, 0.25) is 5.82 Å². The maximum atomic E-state index is 13.9. The fourth-order valence-corrected chi connectivity index (χ4v) is 4.40. The number of carbonyl (C=O) groups is 1. The molecule has 1 aromatic carbocycles. The van der Waals surface area contributed by atoms with Crippen LogP contribution in [-0.4, -0.2) is 43.2 Å². The molecule has 10 nitrogen and oxygen atoms in total. The molecule has 0 N–H and O–H groups in total. The lowest BCUT2D eigenvalue weighted by Gasteiger charge is -2.23. The molecule has 0 radical (unpaired) electrons. The third kappa shape index (κ3) is 5.13. The van der Waals surface area contributed by atoms with Gasteiger partial charge in [0.1, 0.15) is 4.90 Å². The van der Waals surface area contributed by atoms with Gasteiger partial charge in [0.05, 0.1) is 42.9 Å². The minimum Gasteiger partial charge on any atom is -0.478 e. The average Bonchev–Trinajstić information content (AvgIpc) is 2.83. The fraction of sp³-hybridized carbons (Fsp3) is 0.261. The smallest absolute Gasteiger partial charge is 0.430 e. The monoisotopic (exact) mass is 481 g/mol. The second-order valence-electron chi connectivity index (χ2n) is 7.62. The fourth-order valence-electron chi connectivity index (χ4n) is 2.94. The van der Waals surface area contributed by atoms with E-state index in [9.17, 15) is 13.2 Å². The first-order valence-corrected chi connectivity index (χ1v) is 11.7. The van der Waals surface area contributed by atoms with Crippen molar-refractivity contribution in [3.8, 4) is 23.2 Å². The van der Waals surface area contributed by atoms with E-state index in [-0.39, 0.29) is 34.8 Å². The van der Waals surface area contributed by atoms with Crippen LogP contribution in [0.25, 0.3) is 11.3 Å². The highest BCUT2D eigenvalue weighted by Gasteiger charge is 2.38. The number of amides is 1. The summed E-state index contributed by atoms with van der Waals surface area (Å²) in [5, 5.41) is 9.06. The molecule has 11 heteroatoms. The molecule has 0 aliphatic rings. The number of methoxy groups -OCH3 is 1. The van der Waals surface area contributed by atoms with Crippen LogP contribution in [0.5, 0.6) is 5.88 Å². The third-order valence-electron chi connectivity index (χ3n) is 4.51. The van der Waals surface area contributed by atoms with Crippen molar-refractivity contribution in [3.05, 3.63) is 60.0 Å². The molecule has 176 valence electrons. The number of rotatable bonds is 7. The summed E-state index contributed by atoms with van der Waals surface area (Å²) in [6.45, 7) is 5.28. The molecule has 3 rings (SSSR count). The number of pyridine rings is 1. The number of ether oxygens (including phenoxy) is 2. The Morgan fingerprint density at radius 3 is 2.50 bits per heavy atom. The number of nitrogens with zero attached hydrogens (tertiary/aromatic N) is 5. The van der Waals surface area contributed by atoms with Gasteiger partial charge in [-0.2, -0.15) is 5.26 Å². The Labute approximate surface area is 197 Å². The molecule has 0 spiro atoms. The summed E-state index contributed by atoms with van der Waals surface area (Å²) in [6.07, 6.45) is 1.60. The highest BCUT2D eigenvalue weighted by molar-refractivity contribution is 7.93. The maximum Gasteiger partial charge on any atom is 0.430 e. The van der Waals surface area contributed by atoms with Crippen LogP contribution in [0.3, 0.4) is 0 Å². The summed E-state index contributed by atoms with van der Waals surface area (Å²) in [5.74, 6) is -0.530. The molecule has 0 fully saturated rings. The van der Waals surface area contributed by atoms with Gasteiger partial charge in [0.15, 0.2) is 0 Å². The zero-order valence-corrected chi connectivity index (χ0v) is 19.9. The van der Waals surface area contributed by atoms with Crippen LogP contribution in [0.1, 0.15) is 25.1 Å². The lowest BCUT2D eigenvalue weighted by Crippen LogP contribution is -2.39. The van der Waals surface area contributed by atoms with E-state index in [1.807, 2.05) is 19.9 Å². The van der Waals surface area contributed by atoms with E-state index in [0.717, 1.165) is 0 Å². The Morgan fingerprint density at radius 1 is 1.18 bits per heavy atom. The van der Waals surface area contributed by atoms with Gasteiger partial charge in [-0.1, -0.05) is 26.0 Å². The lowest BCUT2D eigenvalue weighted by molar-refractivity contribution is 0.143. The summed E-state index contributed by atoms with van der Waals surface area (Å²) in [7, 11) is -3.30. The molecule has 3 aromatic rings. The van der Waals surface area contributed by atoms with Crippen molar-refractivity contribution in [3.63, 3.8) is 0 Å². The van der Waals surface area contributed by atoms with Crippen molar-refractivity contribution in [2.75, 3.05) is 18.0 Å². The number of carbonyl (C=O) groups excluding carboxylic acids is 1. The van der Waals surface area contributed by atoms with Gasteiger partial charge in [-0.15, -0.1) is 4.31 Å². The molecule has 0 aliphatic carbocycles. The summed E-state index contributed by atoms with van der Waals surface area (Å²) in [4.78, 5) is 25.3. The molecule has 0 unspecified atom stereocenters. The molecule has 0 bridgehead atoms. The molecule has 0 saturated carbocycles. The second kappa shape index (κ2) is 10.3. The van der Waals surface area contributed by atoms with Crippen molar-refractivity contribution < 1.29 is 22.7 Å². The summed E-state index contributed by atoms with van der Waals surface area (Å²) in [6, 6.07) is 11.0. The summed E-state index contributed by atoms with van der Waals surface area (Å²) in [5.41, 5.74) is 1.40. The quantitative estimate of drug-likeness (QED) is 0.494. The molecule has 2 heterocycles. The Bertz CT molecular complexity index is 1330. The molecule has 2 aromatic heterocycles. The number of anilines is 1. The molecule has 0 saturated heterocycles. The van der Waals surface area contributed by atoms with Gasteiger partial charge in [-0.3, -0.25) is 4.98 Å². The van der Waals surface area contributed by atoms with Crippen molar-refractivity contribution >= 4 is 21.9 Å². The van der Waals surface area contributed by atoms with Gasteiger partial charge in [-0.05, 0) is 37.1 Å². The molecular weight excluding hydrogens is 458 g/mol. The van der Waals surface area contributed by atoms with Crippen LogP contribution in [0.2, 0.25) is 0 Å².